The van der Waals surface area contributed by atoms with Crippen molar-refractivity contribution in [1.29, 1.82) is 0 Å². The van der Waals surface area contributed by atoms with E-state index < -0.39 is 11.9 Å². The first kappa shape index (κ1) is 14.7. The van der Waals surface area contributed by atoms with Crippen LogP contribution in [0, 0.1) is 11.8 Å². The van der Waals surface area contributed by atoms with Crippen molar-refractivity contribution < 1.29 is 23.9 Å². The minimum atomic E-state index is -0.628. The molecular weight excluding hydrogens is 236 g/mol. The molecule has 2 atom stereocenters. The molecule has 102 valence electrons. The highest BCUT2D eigenvalue weighted by atomic mass is 16.5. The van der Waals surface area contributed by atoms with Crippen LogP contribution in [0.15, 0.2) is 0 Å². The Balaban J connectivity index is 2.40. The maximum atomic E-state index is 11.9. The average Bonchev–Trinajstić information content (AvgIpc) is 2.69. The fourth-order valence-corrected chi connectivity index (χ4v) is 2.23. The van der Waals surface area contributed by atoms with Crippen LogP contribution in [0.25, 0.3) is 0 Å². The van der Waals surface area contributed by atoms with Crippen LogP contribution in [0.3, 0.4) is 0 Å². The normalized spacial score (nSPS) is 22.9. The maximum Gasteiger partial charge on any atom is 0.316 e. The zero-order chi connectivity index (χ0) is 13.5. The largest absolute Gasteiger partial charge is 0.466 e. The lowest BCUT2D eigenvalue weighted by Gasteiger charge is -2.09. The van der Waals surface area contributed by atoms with E-state index in [1.54, 1.807) is 13.8 Å². The third kappa shape index (κ3) is 3.82. The lowest BCUT2D eigenvalue weighted by molar-refractivity contribution is -0.150. The van der Waals surface area contributed by atoms with Crippen LogP contribution in [0.1, 0.15) is 39.5 Å². The van der Waals surface area contributed by atoms with Crippen molar-refractivity contribution in [2.75, 3.05) is 13.2 Å². The Morgan fingerprint density at radius 3 is 2.44 bits per heavy atom. The first-order chi connectivity index (χ1) is 8.60. The number of rotatable bonds is 6. The minimum absolute atomic E-state index is 0.0854. The lowest BCUT2D eigenvalue weighted by atomic mass is 9.98. The topological polar surface area (TPSA) is 69.7 Å². The first-order valence-corrected chi connectivity index (χ1v) is 6.46. The van der Waals surface area contributed by atoms with Crippen LogP contribution in [-0.2, 0) is 23.9 Å². The Kier molecular flexibility index (Phi) is 5.82. The Morgan fingerprint density at radius 1 is 1.17 bits per heavy atom. The Morgan fingerprint density at radius 2 is 1.83 bits per heavy atom. The number of esters is 2. The number of ether oxygens (including phenoxy) is 2. The van der Waals surface area contributed by atoms with Crippen LogP contribution >= 0.6 is 0 Å². The number of hydrogen-bond donors (Lipinski definition) is 0. The second kappa shape index (κ2) is 7.13. The molecule has 1 saturated carbocycles. The Bertz CT molecular complexity index is 323. The molecule has 0 heterocycles. The van der Waals surface area contributed by atoms with E-state index in [0.717, 1.165) is 0 Å². The Hall–Kier alpha value is -1.39. The van der Waals surface area contributed by atoms with Gasteiger partial charge < -0.3 is 9.47 Å². The molecule has 18 heavy (non-hydrogen) atoms. The third-order valence-electron chi connectivity index (χ3n) is 3.12. The number of ketones is 1. The molecule has 0 aromatic heterocycles. The van der Waals surface area contributed by atoms with Crippen molar-refractivity contribution in [3.8, 4) is 0 Å². The molecule has 1 aliphatic carbocycles. The van der Waals surface area contributed by atoms with Crippen molar-refractivity contribution in [1.82, 2.24) is 0 Å². The van der Waals surface area contributed by atoms with Gasteiger partial charge in [-0.25, -0.2) is 0 Å². The summed E-state index contributed by atoms with van der Waals surface area (Å²) >= 11 is 0. The molecule has 0 aromatic carbocycles. The van der Waals surface area contributed by atoms with E-state index in [2.05, 4.69) is 0 Å². The van der Waals surface area contributed by atoms with E-state index in [1.807, 2.05) is 0 Å². The van der Waals surface area contributed by atoms with Crippen LogP contribution < -0.4 is 0 Å². The van der Waals surface area contributed by atoms with E-state index in [-0.39, 0.29) is 30.7 Å². The second-order valence-corrected chi connectivity index (χ2v) is 4.32. The lowest BCUT2D eigenvalue weighted by Crippen LogP contribution is -2.24. The van der Waals surface area contributed by atoms with E-state index in [4.69, 9.17) is 9.47 Å². The van der Waals surface area contributed by atoms with Gasteiger partial charge in [-0.2, -0.15) is 0 Å². The molecule has 0 spiro atoms. The molecule has 1 aliphatic rings. The number of Topliss-reactive ketones (excluding diaryl/α,β-unsaturated/α-hetero) is 1. The predicted molar refractivity (Wildman–Crippen MR) is 63.7 cm³/mol. The fourth-order valence-electron chi connectivity index (χ4n) is 2.23. The van der Waals surface area contributed by atoms with Crippen molar-refractivity contribution in [3.63, 3.8) is 0 Å². The monoisotopic (exact) mass is 256 g/mol. The summed E-state index contributed by atoms with van der Waals surface area (Å²) < 4.78 is 9.67. The van der Waals surface area contributed by atoms with Gasteiger partial charge in [-0.1, -0.05) is 0 Å². The van der Waals surface area contributed by atoms with Gasteiger partial charge in [0.2, 0.25) is 0 Å². The zero-order valence-electron chi connectivity index (χ0n) is 10.9. The van der Waals surface area contributed by atoms with Gasteiger partial charge >= 0.3 is 11.9 Å². The standard InChI is InChI=1S/C13H20O5/c1-3-17-11(14)8-6-9-5-7-10(12(9)15)13(16)18-4-2/h9-10H,3-8H2,1-2H3/t9-,10+/m0/s1. The van der Waals surface area contributed by atoms with Crippen molar-refractivity contribution >= 4 is 17.7 Å². The molecule has 0 bridgehead atoms. The molecule has 5 heteroatoms. The van der Waals surface area contributed by atoms with Crippen LogP contribution in [0.2, 0.25) is 0 Å². The van der Waals surface area contributed by atoms with Gasteiger partial charge in [0.25, 0.3) is 0 Å². The van der Waals surface area contributed by atoms with E-state index in [0.29, 0.717) is 25.9 Å². The van der Waals surface area contributed by atoms with Crippen LogP contribution in [0.4, 0.5) is 0 Å². The van der Waals surface area contributed by atoms with Gasteiger partial charge in [0, 0.05) is 12.3 Å². The summed E-state index contributed by atoms with van der Waals surface area (Å²) in [6.45, 7) is 4.10. The summed E-state index contributed by atoms with van der Waals surface area (Å²) in [5.74, 6) is -1.63. The highest BCUT2D eigenvalue weighted by Gasteiger charge is 2.39. The summed E-state index contributed by atoms with van der Waals surface area (Å²) in [7, 11) is 0. The summed E-state index contributed by atoms with van der Waals surface area (Å²) in [6, 6.07) is 0. The maximum absolute atomic E-state index is 11.9. The number of hydrogen-bond acceptors (Lipinski definition) is 5. The van der Waals surface area contributed by atoms with Crippen LogP contribution in [-0.4, -0.2) is 30.9 Å². The highest BCUT2D eigenvalue weighted by Crippen LogP contribution is 2.31. The van der Waals surface area contributed by atoms with Crippen molar-refractivity contribution in [2.45, 2.75) is 39.5 Å². The average molecular weight is 256 g/mol. The molecule has 0 unspecified atom stereocenters. The minimum Gasteiger partial charge on any atom is -0.466 e. The van der Waals surface area contributed by atoms with Gasteiger partial charge in [0.15, 0.2) is 0 Å². The second-order valence-electron chi connectivity index (χ2n) is 4.32. The molecule has 0 amide bonds. The van der Waals surface area contributed by atoms with E-state index in [1.165, 1.54) is 0 Å². The zero-order valence-corrected chi connectivity index (χ0v) is 10.9. The summed E-state index contributed by atoms with van der Waals surface area (Å²) in [4.78, 5) is 34.6. The molecule has 5 nitrogen and oxygen atoms in total. The van der Waals surface area contributed by atoms with Gasteiger partial charge in [-0.3, -0.25) is 14.4 Å². The van der Waals surface area contributed by atoms with Gasteiger partial charge in [0.05, 0.1) is 13.2 Å². The molecule has 1 rings (SSSR count). The van der Waals surface area contributed by atoms with Crippen molar-refractivity contribution in [3.05, 3.63) is 0 Å². The van der Waals surface area contributed by atoms with Crippen molar-refractivity contribution in [2.24, 2.45) is 11.8 Å². The van der Waals surface area contributed by atoms with Gasteiger partial charge in [0.1, 0.15) is 11.7 Å². The number of carbonyl (C=O) groups excluding carboxylic acids is 3. The third-order valence-corrected chi connectivity index (χ3v) is 3.12. The summed E-state index contributed by atoms with van der Waals surface area (Å²) in [5, 5.41) is 0. The predicted octanol–water partition coefficient (Wildman–Crippen LogP) is 1.49. The smallest absolute Gasteiger partial charge is 0.316 e. The molecule has 0 saturated heterocycles. The summed E-state index contributed by atoms with van der Waals surface area (Å²) in [6.07, 6.45) is 1.89. The quantitative estimate of drug-likeness (QED) is 0.532. The fraction of sp³-hybridized carbons (Fsp3) is 0.769. The first-order valence-electron chi connectivity index (χ1n) is 6.46. The Labute approximate surface area is 107 Å². The van der Waals surface area contributed by atoms with Gasteiger partial charge in [-0.15, -0.1) is 0 Å². The SMILES string of the molecule is CCOC(=O)CC[C@@H]1CC[C@@H](C(=O)OCC)C1=O. The van der Waals surface area contributed by atoms with E-state index in [9.17, 15) is 14.4 Å². The van der Waals surface area contributed by atoms with Crippen LogP contribution in [0.5, 0.6) is 0 Å². The number of carbonyl (C=O) groups is 3. The summed E-state index contributed by atoms with van der Waals surface area (Å²) in [5.41, 5.74) is 0. The molecule has 1 fully saturated rings. The molecular formula is C13H20O5. The highest BCUT2D eigenvalue weighted by molar-refractivity contribution is 6.01. The molecule has 0 aliphatic heterocycles. The van der Waals surface area contributed by atoms with Gasteiger partial charge in [-0.05, 0) is 33.1 Å². The molecule has 0 radical (unpaired) electrons. The molecule has 0 N–H and O–H groups in total. The molecule has 0 aromatic rings. The van der Waals surface area contributed by atoms with E-state index >= 15 is 0 Å².